The van der Waals surface area contributed by atoms with Crippen LogP contribution in [0.5, 0.6) is 0 Å². The highest BCUT2D eigenvalue weighted by atomic mass is 16.5. The molecule has 0 aromatic rings. The molecule has 0 aliphatic rings. The summed E-state index contributed by atoms with van der Waals surface area (Å²) in [4.78, 5) is 12.2. The Morgan fingerprint density at radius 2 is 1.54 bits per heavy atom. The van der Waals surface area contributed by atoms with E-state index in [-0.39, 0.29) is 12.5 Å². The van der Waals surface area contributed by atoms with Crippen molar-refractivity contribution in [2.75, 3.05) is 13.2 Å². The Hall–Kier alpha value is -0.610. The fourth-order valence-corrected chi connectivity index (χ4v) is 1.12. The summed E-state index contributed by atoms with van der Waals surface area (Å²) in [7, 11) is 0. The van der Waals surface area contributed by atoms with Gasteiger partial charge in [-0.25, -0.2) is 0 Å². The lowest BCUT2D eigenvalue weighted by Crippen LogP contribution is -2.42. The third-order valence-electron chi connectivity index (χ3n) is 1.78. The van der Waals surface area contributed by atoms with Crippen LogP contribution in [-0.2, 0) is 14.3 Å². The third kappa shape index (κ3) is 4.24. The summed E-state index contributed by atoms with van der Waals surface area (Å²) >= 11 is 0. The standard InChI is InChI=1S/C9H19NO3/c1-5-12-8(3)10(7-11)9(4)13-6-2/h7-9H,5-6H2,1-4H3. The number of hydrogen-bond donors (Lipinski definition) is 0. The lowest BCUT2D eigenvalue weighted by Gasteiger charge is -2.30. The molecule has 13 heavy (non-hydrogen) atoms. The molecule has 0 aromatic heterocycles. The maximum Gasteiger partial charge on any atom is 0.213 e. The van der Waals surface area contributed by atoms with E-state index in [0.29, 0.717) is 13.2 Å². The van der Waals surface area contributed by atoms with Gasteiger partial charge in [0.15, 0.2) is 0 Å². The van der Waals surface area contributed by atoms with E-state index < -0.39 is 0 Å². The van der Waals surface area contributed by atoms with Gasteiger partial charge in [-0.05, 0) is 27.7 Å². The second-order valence-corrected chi connectivity index (χ2v) is 2.66. The molecule has 0 rings (SSSR count). The molecule has 0 N–H and O–H groups in total. The number of hydrogen-bond acceptors (Lipinski definition) is 3. The van der Waals surface area contributed by atoms with Crippen LogP contribution in [0.15, 0.2) is 0 Å². The van der Waals surface area contributed by atoms with Gasteiger partial charge in [0, 0.05) is 13.2 Å². The monoisotopic (exact) mass is 189 g/mol. The van der Waals surface area contributed by atoms with Crippen molar-refractivity contribution >= 4 is 6.41 Å². The molecule has 0 fully saturated rings. The van der Waals surface area contributed by atoms with Gasteiger partial charge in [0.05, 0.1) is 0 Å². The Kier molecular flexibility index (Phi) is 6.54. The summed E-state index contributed by atoms with van der Waals surface area (Å²) in [6.07, 6.45) is 0.286. The van der Waals surface area contributed by atoms with Gasteiger partial charge in [0.25, 0.3) is 0 Å². The van der Waals surface area contributed by atoms with E-state index in [1.807, 2.05) is 27.7 Å². The minimum absolute atomic E-state index is 0.232. The van der Waals surface area contributed by atoms with Crippen LogP contribution in [0.4, 0.5) is 0 Å². The average molecular weight is 189 g/mol. The molecule has 4 heteroatoms. The van der Waals surface area contributed by atoms with Crippen molar-refractivity contribution in [3.63, 3.8) is 0 Å². The highest BCUT2D eigenvalue weighted by Gasteiger charge is 2.17. The first-order valence-electron chi connectivity index (χ1n) is 4.63. The molecule has 78 valence electrons. The molecule has 0 saturated carbocycles. The molecule has 0 radical (unpaired) electrons. The molecule has 1 amide bonds. The summed E-state index contributed by atoms with van der Waals surface area (Å²) in [6, 6.07) is 0. The molecule has 0 aliphatic carbocycles. The van der Waals surface area contributed by atoms with Gasteiger partial charge in [-0.1, -0.05) is 0 Å². The molecule has 0 saturated heterocycles. The maximum absolute atomic E-state index is 10.7. The zero-order valence-electron chi connectivity index (χ0n) is 8.82. The molecular formula is C9H19NO3. The summed E-state index contributed by atoms with van der Waals surface area (Å²) in [5.74, 6) is 0. The molecular weight excluding hydrogens is 170 g/mol. The van der Waals surface area contributed by atoms with Crippen molar-refractivity contribution in [3.8, 4) is 0 Å². The quantitative estimate of drug-likeness (QED) is 0.446. The van der Waals surface area contributed by atoms with Gasteiger partial charge >= 0.3 is 0 Å². The Morgan fingerprint density at radius 1 is 1.15 bits per heavy atom. The van der Waals surface area contributed by atoms with E-state index in [0.717, 1.165) is 6.41 Å². The van der Waals surface area contributed by atoms with E-state index in [1.165, 1.54) is 4.90 Å². The molecule has 2 atom stereocenters. The van der Waals surface area contributed by atoms with E-state index in [9.17, 15) is 4.79 Å². The molecule has 0 aromatic carbocycles. The van der Waals surface area contributed by atoms with Gasteiger partial charge < -0.3 is 9.47 Å². The van der Waals surface area contributed by atoms with Crippen LogP contribution < -0.4 is 0 Å². The van der Waals surface area contributed by atoms with Crippen molar-refractivity contribution < 1.29 is 14.3 Å². The smallest absolute Gasteiger partial charge is 0.213 e. The van der Waals surface area contributed by atoms with Crippen LogP contribution in [0.1, 0.15) is 27.7 Å². The minimum atomic E-state index is -0.232. The van der Waals surface area contributed by atoms with Gasteiger partial charge in [0.2, 0.25) is 6.41 Å². The van der Waals surface area contributed by atoms with E-state index >= 15 is 0 Å². The van der Waals surface area contributed by atoms with Crippen molar-refractivity contribution in [3.05, 3.63) is 0 Å². The number of carbonyl (C=O) groups is 1. The predicted molar refractivity (Wildman–Crippen MR) is 50.1 cm³/mol. The van der Waals surface area contributed by atoms with Gasteiger partial charge in [0.1, 0.15) is 12.5 Å². The minimum Gasteiger partial charge on any atom is -0.359 e. The van der Waals surface area contributed by atoms with E-state index in [1.54, 1.807) is 0 Å². The maximum atomic E-state index is 10.7. The molecule has 4 nitrogen and oxygen atoms in total. The lowest BCUT2D eigenvalue weighted by molar-refractivity contribution is -0.157. The summed E-state index contributed by atoms with van der Waals surface area (Å²) in [5.41, 5.74) is 0. The zero-order valence-corrected chi connectivity index (χ0v) is 8.82. The average Bonchev–Trinajstić information content (AvgIpc) is 2.06. The Balaban J connectivity index is 4.05. The van der Waals surface area contributed by atoms with E-state index in [2.05, 4.69) is 0 Å². The normalized spacial score (nSPS) is 15.1. The first-order valence-corrected chi connectivity index (χ1v) is 4.63. The fourth-order valence-electron chi connectivity index (χ4n) is 1.12. The zero-order chi connectivity index (χ0) is 10.3. The Morgan fingerprint density at radius 3 is 1.77 bits per heavy atom. The number of rotatable bonds is 7. The van der Waals surface area contributed by atoms with Crippen LogP contribution in [-0.4, -0.2) is 37.0 Å². The van der Waals surface area contributed by atoms with Gasteiger partial charge in [-0.3, -0.25) is 9.69 Å². The third-order valence-corrected chi connectivity index (χ3v) is 1.78. The van der Waals surface area contributed by atoms with Crippen LogP contribution in [0.25, 0.3) is 0 Å². The van der Waals surface area contributed by atoms with Crippen molar-refractivity contribution in [1.29, 1.82) is 0 Å². The highest BCUT2D eigenvalue weighted by molar-refractivity contribution is 5.47. The van der Waals surface area contributed by atoms with Crippen LogP contribution in [0.2, 0.25) is 0 Å². The number of nitrogens with zero attached hydrogens (tertiary/aromatic N) is 1. The second kappa shape index (κ2) is 6.86. The van der Waals surface area contributed by atoms with Crippen molar-refractivity contribution in [2.24, 2.45) is 0 Å². The van der Waals surface area contributed by atoms with Crippen molar-refractivity contribution in [1.82, 2.24) is 4.90 Å². The summed E-state index contributed by atoms with van der Waals surface area (Å²) < 4.78 is 10.6. The number of carbonyl (C=O) groups excluding carboxylic acids is 1. The van der Waals surface area contributed by atoms with Crippen molar-refractivity contribution in [2.45, 2.75) is 40.2 Å². The molecule has 2 unspecified atom stereocenters. The highest BCUT2D eigenvalue weighted by Crippen LogP contribution is 2.05. The Labute approximate surface area is 79.8 Å². The first kappa shape index (κ1) is 12.4. The van der Waals surface area contributed by atoms with E-state index in [4.69, 9.17) is 9.47 Å². The molecule has 0 spiro atoms. The molecule has 0 heterocycles. The summed E-state index contributed by atoms with van der Waals surface area (Å²) in [5, 5.41) is 0. The number of ether oxygens (including phenoxy) is 2. The second-order valence-electron chi connectivity index (χ2n) is 2.66. The van der Waals surface area contributed by atoms with Crippen LogP contribution >= 0.6 is 0 Å². The first-order chi connectivity index (χ1) is 6.17. The van der Waals surface area contributed by atoms with Gasteiger partial charge in [-0.2, -0.15) is 0 Å². The lowest BCUT2D eigenvalue weighted by atomic mass is 10.5. The van der Waals surface area contributed by atoms with Gasteiger partial charge in [-0.15, -0.1) is 0 Å². The molecule has 0 bridgehead atoms. The topological polar surface area (TPSA) is 38.8 Å². The van der Waals surface area contributed by atoms with Crippen LogP contribution in [0, 0.1) is 0 Å². The largest absolute Gasteiger partial charge is 0.359 e. The van der Waals surface area contributed by atoms with Crippen LogP contribution in [0.3, 0.4) is 0 Å². The Bertz CT molecular complexity index is 129. The molecule has 0 aliphatic heterocycles. The predicted octanol–water partition coefficient (Wildman–Crippen LogP) is 1.21. The number of amides is 1. The fraction of sp³-hybridized carbons (Fsp3) is 0.889. The SMILES string of the molecule is CCOC(C)N(C=O)C(C)OCC. The summed E-state index contributed by atoms with van der Waals surface area (Å²) in [6.45, 7) is 8.62.